The molecule has 0 aromatic carbocycles. The monoisotopic (exact) mass is 362 g/mol. The maximum atomic E-state index is 9.66. The first-order valence-corrected chi connectivity index (χ1v) is 8.81. The van der Waals surface area contributed by atoms with Gasteiger partial charge < -0.3 is 20.3 Å². The molecule has 0 bridgehead atoms. The van der Waals surface area contributed by atoms with Crippen LogP contribution >= 0.6 is 23.2 Å². The molecule has 0 atom stereocenters. The number of aliphatic hydroxyl groups excluding tert-OH is 1. The van der Waals surface area contributed by atoms with E-state index in [1.807, 2.05) is 24.6 Å². The standard InChI is InChI=1S/C16H28Cl2N4O/c1-5-16(6-2,11-23)10-21-15(19-7-3)20-9-12-8-13(17)14(18)22(12)4/h8,23H,5-7,9-11H2,1-4H3,(H2,19,20,21). The van der Waals surface area contributed by atoms with Gasteiger partial charge in [-0.1, -0.05) is 37.0 Å². The maximum absolute atomic E-state index is 9.66. The second-order valence-corrected chi connectivity index (χ2v) is 6.51. The average Bonchev–Trinajstić information content (AvgIpc) is 2.81. The molecule has 1 rings (SSSR count). The Balaban J connectivity index is 2.79. The van der Waals surface area contributed by atoms with Crippen LogP contribution in [0.3, 0.4) is 0 Å². The largest absolute Gasteiger partial charge is 0.396 e. The first kappa shape index (κ1) is 20.1. The minimum Gasteiger partial charge on any atom is -0.396 e. The molecule has 0 saturated heterocycles. The van der Waals surface area contributed by atoms with Gasteiger partial charge in [0.25, 0.3) is 0 Å². The molecule has 3 N–H and O–H groups in total. The van der Waals surface area contributed by atoms with E-state index in [2.05, 4.69) is 29.5 Å². The van der Waals surface area contributed by atoms with Crippen molar-refractivity contribution in [2.24, 2.45) is 17.5 Å². The zero-order valence-corrected chi connectivity index (χ0v) is 15.9. The van der Waals surface area contributed by atoms with Gasteiger partial charge in [-0.15, -0.1) is 0 Å². The Hall–Kier alpha value is -0.910. The highest BCUT2D eigenvalue weighted by molar-refractivity contribution is 6.41. The quantitative estimate of drug-likeness (QED) is 0.491. The third-order valence-electron chi connectivity index (χ3n) is 4.43. The van der Waals surface area contributed by atoms with Crippen LogP contribution in [-0.4, -0.2) is 35.3 Å². The highest BCUT2D eigenvalue weighted by atomic mass is 35.5. The fourth-order valence-electron chi connectivity index (χ4n) is 2.29. The van der Waals surface area contributed by atoms with Gasteiger partial charge in [-0.25, -0.2) is 4.99 Å². The van der Waals surface area contributed by atoms with Crippen LogP contribution in [0.2, 0.25) is 10.2 Å². The van der Waals surface area contributed by atoms with Crippen LogP contribution in [0.15, 0.2) is 11.1 Å². The zero-order chi connectivity index (χ0) is 17.5. The smallest absolute Gasteiger partial charge is 0.191 e. The number of hydrogen-bond donors (Lipinski definition) is 3. The van der Waals surface area contributed by atoms with Crippen LogP contribution in [-0.2, 0) is 13.6 Å². The molecular formula is C16H28Cl2N4O. The average molecular weight is 363 g/mol. The van der Waals surface area contributed by atoms with Crippen LogP contribution in [0.5, 0.6) is 0 Å². The van der Waals surface area contributed by atoms with Crippen molar-refractivity contribution in [1.82, 2.24) is 15.2 Å². The van der Waals surface area contributed by atoms with Crippen LogP contribution in [0.1, 0.15) is 39.3 Å². The summed E-state index contributed by atoms with van der Waals surface area (Å²) in [4.78, 5) is 4.58. The number of aliphatic hydroxyl groups is 1. The lowest BCUT2D eigenvalue weighted by Gasteiger charge is -2.30. The predicted octanol–water partition coefficient (Wildman–Crippen LogP) is 3.19. The maximum Gasteiger partial charge on any atom is 0.191 e. The molecule has 0 aliphatic rings. The van der Waals surface area contributed by atoms with E-state index >= 15 is 0 Å². The van der Waals surface area contributed by atoms with Gasteiger partial charge in [-0.2, -0.15) is 0 Å². The van der Waals surface area contributed by atoms with E-state index in [4.69, 9.17) is 23.2 Å². The normalized spacial score (nSPS) is 12.6. The number of aliphatic imine (C=N–C) groups is 1. The SMILES string of the molecule is CCNC(=NCc1cc(Cl)c(Cl)n1C)NCC(CC)(CC)CO. The molecule has 1 aromatic rings. The second kappa shape index (κ2) is 9.40. The first-order chi connectivity index (χ1) is 10.9. The molecule has 0 unspecified atom stereocenters. The Morgan fingerprint density at radius 2 is 1.91 bits per heavy atom. The Morgan fingerprint density at radius 1 is 1.26 bits per heavy atom. The molecule has 0 aliphatic carbocycles. The van der Waals surface area contributed by atoms with Gasteiger partial charge in [0, 0.05) is 31.2 Å². The number of nitrogens with one attached hydrogen (secondary N) is 2. The Morgan fingerprint density at radius 3 is 2.35 bits per heavy atom. The van der Waals surface area contributed by atoms with Gasteiger partial charge in [-0.3, -0.25) is 0 Å². The van der Waals surface area contributed by atoms with Gasteiger partial charge in [0.1, 0.15) is 5.15 Å². The zero-order valence-electron chi connectivity index (χ0n) is 14.4. The first-order valence-electron chi connectivity index (χ1n) is 8.05. The molecule has 132 valence electrons. The summed E-state index contributed by atoms with van der Waals surface area (Å²) in [5.74, 6) is 0.723. The van der Waals surface area contributed by atoms with Gasteiger partial charge >= 0.3 is 0 Å². The number of rotatable bonds is 8. The topological polar surface area (TPSA) is 61.6 Å². The predicted molar refractivity (Wildman–Crippen MR) is 98.4 cm³/mol. The number of nitrogens with zero attached hydrogens (tertiary/aromatic N) is 2. The number of hydrogen-bond acceptors (Lipinski definition) is 2. The van der Waals surface area contributed by atoms with Crippen LogP contribution in [0, 0.1) is 5.41 Å². The summed E-state index contributed by atoms with van der Waals surface area (Å²) >= 11 is 12.1. The summed E-state index contributed by atoms with van der Waals surface area (Å²) in [6.45, 7) is 8.30. The third-order valence-corrected chi connectivity index (χ3v) is 5.27. The van der Waals surface area contributed by atoms with Gasteiger partial charge in [0.15, 0.2) is 5.96 Å². The Labute approximate surface area is 149 Å². The molecule has 0 saturated carbocycles. The fourth-order valence-corrected chi connectivity index (χ4v) is 2.71. The molecule has 0 radical (unpaired) electrons. The fraction of sp³-hybridized carbons (Fsp3) is 0.688. The number of guanidine groups is 1. The molecule has 23 heavy (non-hydrogen) atoms. The van der Waals surface area contributed by atoms with Crippen molar-refractivity contribution in [2.75, 3.05) is 19.7 Å². The van der Waals surface area contributed by atoms with Crippen molar-refractivity contribution in [2.45, 2.75) is 40.2 Å². The lowest BCUT2D eigenvalue weighted by Crippen LogP contribution is -2.44. The summed E-state index contributed by atoms with van der Waals surface area (Å²) in [6, 6.07) is 1.83. The van der Waals surface area contributed by atoms with Crippen molar-refractivity contribution in [1.29, 1.82) is 0 Å². The van der Waals surface area contributed by atoms with E-state index in [1.165, 1.54) is 0 Å². The highest BCUT2D eigenvalue weighted by Gasteiger charge is 2.25. The van der Waals surface area contributed by atoms with E-state index in [0.717, 1.165) is 31.0 Å². The third kappa shape index (κ3) is 5.30. The number of aromatic nitrogens is 1. The summed E-state index contributed by atoms with van der Waals surface area (Å²) < 4.78 is 1.83. The van der Waals surface area contributed by atoms with Crippen LogP contribution < -0.4 is 10.6 Å². The number of halogens is 2. The molecule has 1 heterocycles. The molecule has 7 heteroatoms. The highest BCUT2D eigenvalue weighted by Crippen LogP contribution is 2.26. The van der Waals surface area contributed by atoms with Crippen LogP contribution in [0.25, 0.3) is 0 Å². The molecule has 0 spiro atoms. The van der Waals surface area contributed by atoms with Gasteiger partial charge in [-0.05, 0) is 25.8 Å². The van der Waals surface area contributed by atoms with Crippen molar-refractivity contribution < 1.29 is 5.11 Å². The lowest BCUT2D eigenvalue weighted by atomic mass is 9.83. The lowest BCUT2D eigenvalue weighted by molar-refractivity contribution is 0.118. The minimum absolute atomic E-state index is 0.117. The molecule has 1 aromatic heterocycles. The second-order valence-electron chi connectivity index (χ2n) is 5.75. The van der Waals surface area contributed by atoms with E-state index in [0.29, 0.717) is 23.3 Å². The van der Waals surface area contributed by atoms with Crippen molar-refractivity contribution >= 4 is 29.2 Å². The minimum atomic E-state index is -0.117. The van der Waals surface area contributed by atoms with Gasteiger partial charge in [0.2, 0.25) is 0 Å². The molecular weight excluding hydrogens is 335 g/mol. The van der Waals surface area contributed by atoms with E-state index in [9.17, 15) is 5.11 Å². The van der Waals surface area contributed by atoms with Crippen molar-refractivity contribution in [3.05, 3.63) is 21.9 Å². The molecule has 5 nitrogen and oxygen atoms in total. The van der Waals surface area contributed by atoms with Crippen LogP contribution in [0.4, 0.5) is 0 Å². The Bertz CT molecular complexity index is 516. The molecule has 0 aliphatic heterocycles. The van der Waals surface area contributed by atoms with Gasteiger partial charge in [0.05, 0.1) is 18.2 Å². The summed E-state index contributed by atoms with van der Waals surface area (Å²) in [5, 5.41) is 17.3. The molecule has 0 amide bonds. The Kier molecular flexibility index (Phi) is 8.23. The van der Waals surface area contributed by atoms with E-state index in [-0.39, 0.29) is 12.0 Å². The molecule has 0 fully saturated rings. The van der Waals surface area contributed by atoms with Crippen molar-refractivity contribution in [3.63, 3.8) is 0 Å². The summed E-state index contributed by atoms with van der Waals surface area (Å²) in [7, 11) is 1.87. The summed E-state index contributed by atoms with van der Waals surface area (Å²) in [5.41, 5.74) is 0.824. The summed E-state index contributed by atoms with van der Waals surface area (Å²) in [6.07, 6.45) is 1.82. The van der Waals surface area contributed by atoms with E-state index < -0.39 is 0 Å². The van der Waals surface area contributed by atoms with E-state index in [1.54, 1.807) is 0 Å². The van der Waals surface area contributed by atoms with Crippen molar-refractivity contribution in [3.8, 4) is 0 Å².